The van der Waals surface area contributed by atoms with Crippen LogP contribution in [0.1, 0.15) is 34.0 Å². The molecule has 174 valence electrons. The summed E-state index contributed by atoms with van der Waals surface area (Å²) in [4.78, 5) is 25.9. The second-order valence-corrected chi connectivity index (χ2v) is 8.52. The zero-order chi connectivity index (χ0) is 22.8. The van der Waals surface area contributed by atoms with Gasteiger partial charge in [-0.05, 0) is 41.8 Å². The van der Waals surface area contributed by atoms with Gasteiger partial charge in [0.05, 0.1) is 0 Å². The van der Waals surface area contributed by atoms with Crippen molar-refractivity contribution in [1.29, 1.82) is 0 Å². The van der Waals surface area contributed by atoms with Crippen molar-refractivity contribution in [3.05, 3.63) is 102 Å². The molecule has 2 amide bonds. The van der Waals surface area contributed by atoms with Crippen molar-refractivity contribution in [3.63, 3.8) is 0 Å². The first-order chi connectivity index (χ1) is 16.1. The standard InChI is InChI=1S/C27H26N4O2.ClH/c28-23-15-22(23)19-10-12-21(13-11-19)30-27(33)25-14-20-8-4-5-9-24(20)31(25)17-26(32)29-16-18-6-2-1-3-7-18;/h1-14,22-23H,15-17,28H2,(H,29,32)(H,30,33);1H/t22-,23+;/m0./s1. The van der Waals surface area contributed by atoms with Crippen molar-refractivity contribution >= 4 is 40.8 Å². The molecule has 0 radical (unpaired) electrons. The number of rotatable bonds is 7. The first kappa shape index (κ1) is 23.5. The summed E-state index contributed by atoms with van der Waals surface area (Å²) in [5.41, 5.74) is 10.2. The van der Waals surface area contributed by atoms with Gasteiger partial charge in [0.25, 0.3) is 5.91 Å². The van der Waals surface area contributed by atoms with Crippen LogP contribution in [-0.2, 0) is 17.9 Å². The van der Waals surface area contributed by atoms with Crippen LogP contribution in [0.5, 0.6) is 0 Å². The molecule has 0 aliphatic heterocycles. The lowest BCUT2D eigenvalue weighted by Gasteiger charge is -2.12. The molecule has 5 rings (SSSR count). The van der Waals surface area contributed by atoms with Crippen LogP contribution in [0.4, 0.5) is 5.69 Å². The Morgan fingerprint density at radius 1 is 0.941 bits per heavy atom. The molecule has 34 heavy (non-hydrogen) atoms. The lowest BCUT2D eigenvalue weighted by atomic mass is 10.1. The summed E-state index contributed by atoms with van der Waals surface area (Å²) < 4.78 is 1.77. The van der Waals surface area contributed by atoms with Gasteiger partial charge in [0, 0.05) is 35.1 Å². The number of halogens is 1. The molecule has 1 heterocycles. The molecule has 0 spiro atoms. The van der Waals surface area contributed by atoms with Crippen molar-refractivity contribution in [1.82, 2.24) is 9.88 Å². The molecule has 1 aliphatic carbocycles. The number of hydrogen-bond acceptors (Lipinski definition) is 3. The van der Waals surface area contributed by atoms with Crippen molar-refractivity contribution < 1.29 is 9.59 Å². The number of carbonyl (C=O) groups is 2. The molecule has 3 aromatic carbocycles. The lowest BCUT2D eigenvalue weighted by Crippen LogP contribution is -2.29. The first-order valence-electron chi connectivity index (χ1n) is 11.1. The SMILES string of the molecule is Cl.N[C@@H]1C[C@H]1c1ccc(NC(=O)c2cc3ccccc3n2CC(=O)NCc2ccccc2)cc1. The number of nitrogens with one attached hydrogen (secondary N) is 2. The Bertz CT molecular complexity index is 1300. The molecule has 0 bridgehead atoms. The molecule has 0 unspecified atom stereocenters. The minimum Gasteiger partial charge on any atom is -0.350 e. The number of anilines is 1. The van der Waals surface area contributed by atoms with E-state index in [1.54, 1.807) is 4.57 Å². The van der Waals surface area contributed by atoms with E-state index in [4.69, 9.17) is 5.73 Å². The Balaban J connectivity index is 0.00000274. The molecular formula is C27H27ClN4O2. The molecule has 4 N–H and O–H groups in total. The average molecular weight is 475 g/mol. The van der Waals surface area contributed by atoms with Gasteiger partial charge in [-0.15, -0.1) is 12.4 Å². The zero-order valence-electron chi connectivity index (χ0n) is 18.6. The highest BCUT2D eigenvalue weighted by Gasteiger charge is 2.34. The fourth-order valence-corrected chi connectivity index (χ4v) is 4.17. The predicted molar refractivity (Wildman–Crippen MR) is 137 cm³/mol. The quantitative estimate of drug-likeness (QED) is 0.370. The highest BCUT2D eigenvalue weighted by atomic mass is 35.5. The van der Waals surface area contributed by atoms with Crippen LogP contribution in [0.15, 0.2) is 84.9 Å². The second-order valence-electron chi connectivity index (χ2n) is 8.52. The summed E-state index contributed by atoms with van der Waals surface area (Å²) in [5, 5.41) is 6.82. The van der Waals surface area contributed by atoms with Crippen molar-refractivity contribution in [2.24, 2.45) is 5.73 Å². The van der Waals surface area contributed by atoms with Crippen LogP contribution in [-0.4, -0.2) is 22.4 Å². The van der Waals surface area contributed by atoms with E-state index in [9.17, 15) is 9.59 Å². The number of hydrogen-bond donors (Lipinski definition) is 3. The number of amides is 2. The number of carbonyl (C=O) groups excluding carboxylic acids is 2. The highest BCUT2D eigenvalue weighted by molar-refractivity contribution is 6.06. The zero-order valence-corrected chi connectivity index (χ0v) is 19.4. The minimum absolute atomic E-state index is 0. The van der Waals surface area contributed by atoms with Gasteiger partial charge < -0.3 is 20.9 Å². The number of nitrogens with zero attached hydrogens (tertiary/aromatic N) is 1. The van der Waals surface area contributed by atoms with Crippen LogP contribution in [0.3, 0.4) is 0 Å². The van der Waals surface area contributed by atoms with Gasteiger partial charge >= 0.3 is 0 Å². The molecule has 1 fully saturated rings. The van der Waals surface area contributed by atoms with E-state index in [1.807, 2.05) is 84.9 Å². The Morgan fingerprint density at radius 2 is 1.62 bits per heavy atom. The minimum atomic E-state index is -0.252. The third-order valence-electron chi connectivity index (χ3n) is 6.11. The second kappa shape index (κ2) is 10.1. The monoisotopic (exact) mass is 474 g/mol. The van der Waals surface area contributed by atoms with Crippen molar-refractivity contribution in [2.75, 3.05) is 5.32 Å². The summed E-state index contributed by atoms with van der Waals surface area (Å²) in [6.45, 7) is 0.499. The van der Waals surface area contributed by atoms with E-state index in [1.165, 1.54) is 5.56 Å². The van der Waals surface area contributed by atoms with E-state index >= 15 is 0 Å². The molecule has 1 saturated carbocycles. The van der Waals surface area contributed by atoms with E-state index in [2.05, 4.69) is 10.6 Å². The van der Waals surface area contributed by atoms with Crippen LogP contribution in [0.2, 0.25) is 0 Å². The number of para-hydroxylation sites is 1. The van der Waals surface area contributed by atoms with Gasteiger partial charge in [-0.2, -0.15) is 0 Å². The van der Waals surface area contributed by atoms with Crippen LogP contribution < -0.4 is 16.4 Å². The number of aromatic nitrogens is 1. The number of fused-ring (bicyclic) bond motifs is 1. The average Bonchev–Trinajstić information content (AvgIpc) is 3.46. The molecule has 6 nitrogen and oxygen atoms in total. The van der Waals surface area contributed by atoms with E-state index in [-0.39, 0.29) is 36.8 Å². The molecule has 0 saturated heterocycles. The number of benzene rings is 3. The van der Waals surface area contributed by atoms with Gasteiger partial charge in [0.2, 0.25) is 5.91 Å². The van der Waals surface area contributed by atoms with Gasteiger partial charge in [0.1, 0.15) is 12.2 Å². The van der Waals surface area contributed by atoms with Gasteiger partial charge in [-0.25, -0.2) is 0 Å². The molecule has 1 aliphatic rings. The van der Waals surface area contributed by atoms with E-state index in [0.717, 1.165) is 22.9 Å². The van der Waals surface area contributed by atoms with Crippen LogP contribution >= 0.6 is 12.4 Å². The molecule has 4 aromatic rings. The normalized spacial score (nSPS) is 16.5. The maximum absolute atomic E-state index is 13.2. The van der Waals surface area contributed by atoms with Gasteiger partial charge in [-0.1, -0.05) is 60.7 Å². The van der Waals surface area contributed by atoms with Crippen LogP contribution in [0.25, 0.3) is 10.9 Å². The smallest absolute Gasteiger partial charge is 0.272 e. The van der Waals surface area contributed by atoms with Crippen molar-refractivity contribution in [2.45, 2.75) is 31.5 Å². The lowest BCUT2D eigenvalue weighted by molar-refractivity contribution is -0.121. The van der Waals surface area contributed by atoms with Gasteiger partial charge in [-0.3, -0.25) is 9.59 Å². The van der Waals surface area contributed by atoms with E-state index < -0.39 is 0 Å². The molecular weight excluding hydrogens is 448 g/mol. The summed E-state index contributed by atoms with van der Waals surface area (Å²) >= 11 is 0. The molecule has 1 aromatic heterocycles. The topological polar surface area (TPSA) is 89.2 Å². The maximum Gasteiger partial charge on any atom is 0.272 e. The summed E-state index contributed by atoms with van der Waals surface area (Å²) in [6.07, 6.45) is 1.01. The largest absolute Gasteiger partial charge is 0.350 e. The molecule has 7 heteroatoms. The number of nitrogens with two attached hydrogens (primary N) is 1. The Labute approximate surface area is 204 Å². The third-order valence-corrected chi connectivity index (χ3v) is 6.11. The first-order valence-corrected chi connectivity index (χ1v) is 11.1. The molecule has 2 atom stereocenters. The summed E-state index contributed by atoms with van der Waals surface area (Å²) in [5.74, 6) is 0.0176. The Hall–Kier alpha value is -3.61. The van der Waals surface area contributed by atoms with Gasteiger partial charge in [0.15, 0.2) is 0 Å². The van der Waals surface area contributed by atoms with E-state index in [0.29, 0.717) is 23.8 Å². The van der Waals surface area contributed by atoms with Crippen molar-refractivity contribution in [3.8, 4) is 0 Å². The fourth-order valence-electron chi connectivity index (χ4n) is 4.17. The summed E-state index contributed by atoms with van der Waals surface area (Å²) in [6, 6.07) is 27.3. The highest BCUT2D eigenvalue weighted by Crippen LogP contribution is 2.39. The third kappa shape index (κ3) is 5.14. The maximum atomic E-state index is 13.2. The Morgan fingerprint density at radius 3 is 2.32 bits per heavy atom. The summed E-state index contributed by atoms with van der Waals surface area (Å²) in [7, 11) is 0. The predicted octanol–water partition coefficient (Wildman–Crippen LogP) is 4.45. The Kier molecular flexibility index (Phi) is 7.01. The van der Waals surface area contributed by atoms with Crippen LogP contribution in [0, 0.1) is 0 Å². The fraction of sp³-hybridized carbons (Fsp3) is 0.185.